The van der Waals surface area contributed by atoms with Gasteiger partial charge in [0.25, 0.3) is 5.91 Å². The molecule has 1 fully saturated rings. The van der Waals surface area contributed by atoms with Crippen LogP contribution in [0.4, 0.5) is 9.18 Å². The van der Waals surface area contributed by atoms with Crippen molar-refractivity contribution < 1.29 is 18.8 Å². The molecule has 2 rings (SSSR count). The summed E-state index contributed by atoms with van der Waals surface area (Å²) in [6.45, 7) is 4.81. The second-order valence-corrected chi connectivity index (χ2v) is 6.72. The van der Waals surface area contributed by atoms with Gasteiger partial charge in [0.1, 0.15) is 17.9 Å². The summed E-state index contributed by atoms with van der Waals surface area (Å²) < 4.78 is 13.1. The van der Waals surface area contributed by atoms with Crippen LogP contribution in [0.15, 0.2) is 24.3 Å². The molecule has 0 radical (unpaired) electrons. The number of nitrogens with one attached hydrogen (secondary N) is 2. The van der Waals surface area contributed by atoms with E-state index in [1.165, 1.54) is 31.2 Å². The molecule has 9 heteroatoms. The van der Waals surface area contributed by atoms with Gasteiger partial charge in [0.2, 0.25) is 5.91 Å². The standard InChI is InChI=1S/C16H21FN4O3.ClH/c1-15(2,18)9-19-12(22)8-21-13(23)16(3,20-14(21)24)10-4-6-11(17)7-5-10;/h4-7H,8-9,18H2,1-3H3,(H,19,22)(H,20,24);1H. The molecule has 138 valence electrons. The molecule has 1 aromatic rings. The number of carbonyl (C=O) groups excluding carboxylic acids is 3. The summed E-state index contributed by atoms with van der Waals surface area (Å²) in [6.07, 6.45) is 0. The van der Waals surface area contributed by atoms with Gasteiger partial charge in [-0.05, 0) is 38.5 Å². The molecule has 1 aliphatic heterocycles. The summed E-state index contributed by atoms with van der Waals surface area (Å²) in [5.41, 5.74) is 4.27. The number of imide groups is 1. The summed E-state index contributed by atoms with van der Waals surface area (Å²) >= 11 is 0. The maximum atomic E-state index is 13.1. The summed E-state index contributed by atoms with van der Waals surface area (Å²) in [4.78, 5) is 37.5. The van der Waals surface area contributed by atoms with Crippen LogP contribution in [-0.4, -0.2) is 41.4 Å². The molecule has 1 aliphatic rings. The fourth-order valence-corrected chi connectivity index (χ4v) is 2.35. The van der Waals surface area contributed by atoms with E-state index in [1.807, 2.05) is 0 Å². The first kappa shape index (κ1) is 20.9. The number of benzene rings is 1. The molecule has 1 heterocycles. The Morgan fingerprint density at radius 1 is 1.32 bits per heavy atom. The Labute approximate surface area is 151 Å². The summed E-state index contributed by atoms with van der Waals surface area (Å²) in [7, 11) is 0. The molecule has 4 N–H and O–H groups in total. The minimum absolute atomic E-state index is 0. The molecule has 1 saturated heterocycles. The minimum atomic E-state index is -1.34. The van der Waals surface area contributed by atoms with Crippen molar-refractivity contribution in [3.8, 4) is 0 Å². The number of urea groups is 1. The van der Waals surface area contributed by atoms with E-state index < -0.39 is 41.3 Å². The third-order valence-corrected chi connectivity index (χ3v) is 3.74. The number of halogens is 2. The van der Waals surface area contributed by atoms with Gasteiger partial charge in [-0.2, -0.15) is 0 Å². The lowest BCUT2D eigenvalue weighted by molar-refractivity contribution is -0.134. The third kappa shape index (κ3) is 4.67. The van der Waals surface area contributed by atoms with Crippen LogP contribution in [-0.2, 0) is 15.1 Å². The maximum absolute atomic E-state index is 13.1. The molecule has 1 aromatic carbocycles. The number of hydrogen-bond acceptors (Lipinski definition) is 4. The van der Waals surface area contributed by atoms with Crippen molar-refractivity contribution in [2.24, 2.45) is 5.73 Å². The van der Waals surface area contributed by atoms with Gasteiger partial charge in [-0.3, -0.25) is 14.5 Å². The molecule has 0 aliphatic carbocycles. The normalized spacial score (nSPS) is 20.1. The topological polar surface area (TPSA) is 105 Å². The Hall–Kier alpha value is -2.19. The molecule has 0 saturated carbocycles. The molecule has 4 amide bonds. The van der Waals surface area contributed by atoms with E-state index in [0.717, 1.165) is 4.90 Å². The van der Waals surface area contributed by atoms with Gasteiger partial charge in [-0.15, -0.1) is 12.4 Å². The number of amides is 4. The van der Waals surface area contributed by atoms with E-state index in [-0.39, 0.29) is 19.0 Å². The van der Waals surface area contributed by atoms with Gasteiger partial charge in [0.05, 0.1) is 0 Å². The van der Waals surface area contributed by atoms with Gasteiger partial charge in [0, 0.05) is 12.1 Å². The van der Waals surface area contributed by atoms with E-state index >= 15 is 0 Å². The van der Waals surface area contributed by atoms with Crippen molar-refractivity contribution >= 4 is 30.3 Å². The van der Waals surface area contributed by atoms with Crippen molar-refractivity contribution in [3.63, 3.8) is 0 Å². The number of carbonyl (C=O) groups is 3. The fourth-order valence-electron chi connectivity index (χ4n) is 2.35. The predicted molar refractivity (Wildman–Crippen MR) is 92.5 cm³/mol. The smallest absolute Gasteiger partial charge is 0.325 e. The zero-order valence-corrected chi connectivity index (χ0v) is 15.1. The zero-order valence-electron chi connectivity index (χ0n) is 14.3. The van der Waals surface area contributed by atoms with Gasteiger partial charge in [0.15, 0.2) is 0 Å². The fraction of sp³-hybridized carbons (Fsp3) is 0.438. The quantitative estimate of drug-likeness (QED) is 0.667. The first-order valence-electron chi connectivity index (χ1n) is 7.49. The van der Waals surface area contributed by atoms with Crippen LogP contribution in [0.3, 0.4) is 0 Å². The highest BCUT2D eigenvalue weighted by atomic mass is 35.5. The van der Waals surface area contributed by atoms with E-state index in [1.54, 1.807) is 13.8 Å². The van der Waals surface area contributed by atoms with Gasteiger partial charge in [-0.25, -0.2) is 9.18 Å². The van der Waals surface area contributed by atoms with Crippen LogP contribution in [0, 0.1) is 5.82 Å². The number of hydrogen-bond donors (Lipinski definition) is 3. The lowest BCUT2D eigenvalue weighted by Gasteiger charge is -2.22. The van der Waals surface area contributed by atoms with Crippen LogP contribution < -0.4 is 16.4 Å². The van der Waals surface area contributed by atoms with E-state index in [2.05, 4.69) is 10.6 Å². The molecule has 1 atom stereocenters. The molecule has 1 unspecified atom stereocenters. The van der Waals surface area contributed by atoms with Crippen molar-refractivity contribution in [2.45, 2.75) is 31.8 Å². The van der Waals surface area contributed by atoms with Crippen LogP contribution in [0.5, 0.6) is 0 Å². The Bertz CT molecular complexity index is 675. The predicted octanol–water partition coefficient (Wildman–Crippen LogP) is 0.868. The van der Waals surface area contributed by atoms with E-state index in [4.69, 9.17) is 5.73 Å². The summed E-state index contributed by atoms with van der Waals surface area (Å²) in [5.74, 6) is -1.50. The van der Waals surface area contributed by atoms with Gasteiger partial charge < -0.3 is 16.4 Å². The molecule has 25 heavy (non-hydrogen) atoms. The molecule has 0 aromatic heterocycles. The monoisotopic (exact) mass is 372 g/mol. The van der Waals surface area contributed by atoms with Crippen molar-refractivity contribution in [1.29, 1.82) is 0 Å². The maximum Gasteiger partial charge on any atom is 0.325 e. The average molecular weight is 373 g/mol. The Morgan fingerprint density at radius 3 is 2.40 bits per heavy atom. The lowest BCUT2D eigenvalue weighted by atomic mass is 9.92. The largest absolute Gasteiger partial charge is 0.353 e. The highest BCUT2D eigenvalue weighted by molar-refractivity contribution is 6.09. The minimum Gasteiger partial charge on any atom is -0.353 e. The van der Waals surface area contributed by atoms with E-state index in [9.17, 15) is 18.8 Å². The van der Waals surface area contributed by atoms with Crippen molar-refractivity contribution in [1.82, 2.24) is 15.5 Å². The SMILES string of the molecule is CC(C)(N)CNC(=O)CN1C(=O)NC(C)(c2ccc(F)cc2)C1=O.Cl. The Balaban J connectivity index is 0.00000312. The highest BCUT2D eigenvalue weighted by Gasteiger charge is 2.49. The van der Waals surface area contributed by atoms with Crippen LogP contribution >= 0.6 is 12.4 Å². The van der Waals surface area contributed by atoms with Crippen LogP contribution in [0.25, 0.3) is 0 Å². The molecule has 7 nitrogen and oxygen atoms in total. The molecular formula is C16H22ClFN4O3. The Kier molecular flexibility index (Phi) is 6.14. The number of rotatable bonds is 5. The van der Waals surface area contributed by atoms with Gasteiger partial charge in [-0.1, -0.05) is 12.1 Å². The van der Waals surface area contributed by atoms with Crippen LogP contribution in [0.2, 0.25) is 0 Å². The lowest BCUT2D eigenvalue weighted by Crippen LogP contribution is -2.48. The summed E-state index contributed by atoms with van der Waals surface area (Å²) in [6, 6.07) is 4.59. The molecule has 0 spiro atoms. The zero-order chi connectivity index (χ0) is 18.1. The molecule has 0 bridgehead atoms. The van der Waals surface area contributed by atoms with Gasteiger partial charge >= 0.3 is 6.03 Å². The van der Waals surface area contributed by atoms with E-state index in [0.29, 0.717) is 5.56 Å². The Morgan fingerprint density at radius 2 is 1.88 bits per heavy atom. The van der Waals surface area contributed by atoms with Crippen molar-refractivity contribution in [3.05, 3.63) is 35.6 Å². The second-order valence-electron chi connectivity index (χ2n) is 6.72. The number of nitrogens with zero attached hydrogens (tertiary/aromatic N) is 1. The number of nitrogens with two attached hydrogens (primary N) is 1. The molecular weight excluding hydrogens is 351 g/mol. The second kappa shape index (κ2) is 7.37. The average Bonchev–Trinajstić information content (AvgIpc) is 2.69. The summed E-state index contributed by atoms with van der Waals surface area (Å²) in [5, 5.41) is 5.13. The van der Waals surface area contributed by atoms with Crippen LogP contribution in [0.1, 0.15) is 26.3 Å². The van der Waals surface area contributed by atoms with Crippen molar-refractivity contribution in [2.75, 3.05) is 13.1 Å². The highest BCUT2D eigenvalue weighted by Crippen LogP contribution is 2.28. The third-order valence-electron chi connectivity index (χ3n) is 3.74. The first-order chi connectivity index (χ1) is 11.0. The first-order valence-corrected chi connectivity index (χ1v) is 7.49.